The van der Waals surface area contributed by atoms with Crippen molar-refractivity contribution in [2.45, 2.75) is 37.8 Å². The molecule has 3 amide bonds. The van der Waals surface area contributed by atoms with Gasteiger partial charge in [-0.05, 0) is 56.3 Å². The molecule has 3 N–H and O–H groups in total. The van der Waals surface area contributed by atoms with E-state index in [9.17, 15) is 23.1 Å². The van der Waals surface area contributed by atoms with Gasteiger partial charge in [0.25, 0.3) is 15.9 Å². The van der Waals surface area contributed by atoms with Crippen LogP contribution in [0.4, 0.5) is 16.2 Å². The number of aliphatic hydroxyl groups excluding tert-OH is 1. The molecule has 44 heavy (non-hydrogen) atoms. The third kappa shape index (κ3) is 6.68. The van der Waals surface area contributed by atoms with E-state index in [4.69, 9.17) is 14.2 Å². The summed E-state index contributed by atoms with van der Waals surface area (Å²) < 4.78 is 45.7. The lowest BCUT2D eigenvalue weighted by atomic mass is 9.99. The third-order valence-corrected chi connectivity index (χ3v) is 9.07. The van der Waals surface area contributed by atoms with Crippen molar-refractivity contribution in [2.24, 2.45) is 5.92 Å². The monoisotopic (exact) mass is 624 g/mol. The van der Waals surface area contributed by atoms with E-state index in [1.54, 1.807) is 55.3 Å². The van der Waals surface area contributed by atoms with Gasteiger partial charge in [0.1, 0.15) is 11.9 Å². The second kappa shape index (κ2) is 12.6. The van der Waals surface area contributed by atoms with Crippen molar-refractivity contribution in [2.75, 3.05) is 43.6 Å². The average molecular weight is 625 g/mol. The fraction of sp³-hybridized carbons (Fsp3) is 0.355. The number of aryl methyl sites for hydroxylation is 1. The molecule has 2 aliphatic heterocycles. The molecule has 5 rings (SSSR count). The van der Waals surface area contributed by atoms with Crippen LogP contribution in [0.1, 0.15) is 29.8 Å². The summed E-state index contributed by atoms with van der Waals surface area (Å²) in [5.74, 6) is 0.750. The van der Waals surface area contributed by atoms with E-state index in [2.05, 4.69) is 10.0 Å². The minimum absolute atomic E-state index is 0.0869. The number of fused-ring (bicyclic) bond motifs is 2. The zero-order chi connectivity index (χ0) is 31.6. The second-order valence-corrected chi connectivity index (χ2v) is 12.8. The number of aliphatic hydroxyl groups is 1. The number of carbonyl (C=O) groups is 2. The molecule has 0 aromatic heterocycles. The van der Waals surface area contributed by atoms with Gasteiger partial charge in [0, 0.05) is 37.0 Å². The maximum absolute atomic E-state index is 13.7. The lowest BCUT2D eigenvalue weighted by molar-refractivity contribution is 0.0371. The van der Waals surface area contributed by atoms with Gasteiger partial charge in [-0.3, -0.25) is 9.52 Å². The van der Waals surface area contributed by atoms with Crippen LogP contribution < -0.4 is 24.2 Å². The standard InChI is InChI=1S/C31H36N4O8S/c1-19-5-9-24(10-6-19)44(39,40)33-23-8-11-26-25(13-23)30(37)35(21(3)17-36)15-20(2)29(43-26)16-34(4)31(38)32-22-7-12-27-28(14-22)42-18-41-27/h5-14,20-21,29,33,36H,15-18H2,1-4H3,(H,32,38)/t20-,21+,29-/m0/s1. The van der Waals surface area contributed by atoms with Crippen LogP contribution in [0.5, 0.6) is 17.2 Å². The molecular formula is C31H36N4O8S. The molecule has 3 atom stereocenters. The van der Waals surface area contributed by atoms with Crippen molar-refractivity contribution in [3.63, 3.8) is 0 Å². The first-order valence-corrected chi connectivity index (χ1v) is 15.7. The van der Waals surface area contributed by atoms with Crippen LogP contribution in [0.15, 0.2) is 65.6 Å². The Morgan fingerprint density at radius 1 is 1.05 bits per heavy atom. The van der Waals surface area contributed by atoms with Gasteiger partial charge in [-0.15, -0.1) is 0 Å². The van der Waals surface area contributed by atoms with E-state index in [1.165, 1.54) is 29.2 Å². The normalized spacial score (nSPS) is 18.4. The number of likely N-dealkylation sites (N-methyl/N-ethyl adjacent to an activating group) is 1. The van der Waals surface area contributed by atoms with E-state index in [-0.39, 0.29) is 60.3 Å². The summed E-state index contributed by atoms with van der Waals surface area (Å²) in [7, 11) is -2.28. The van der Waals surface area contributed by atoms with Gasteiger partial charge < -0.3 is 34.4 Å². The van der Waals surface area contributed by atoms with Crippen LogP contribution in [-0.2, 0) is 10.0 Å². The highest BCUT2D eigenvalue weighted by Gasteiger charge is 2.34. The summed E-state index contributed by atoms with van der Waals surface area (Å²) in [6.45, 7) is 5.78. The number of carbonyl (C=O) groups excluding carboxylic acids is 2. The Morgan fingerprint density at radius 2 is 1.73 bits per heavy atom. The molecular weight excluding hydrogens is 588 g/mol. The number of hydrogen-bond donors (Lipinski definition) is 3. The third-order valence-electron chi connectivity index (χ3n) is 7.67. The van der Waals surface area contributed by atoms with Gasteiger partial charge in [-0.25, -0.2) is 13.2 Å². The number of hydrogen-bond acceptors (Lipinski definition) is 8. The van der Waals surface area contributed by atoms with Gasteiger partial charge in [0.15, 0.2) is 11.5 Å². The Hall–Kier alpha value is -4.49. The number of rotatable bonds is 8. The molecule has 0 saturated carbocycles. The first kappa shape index (κ1) is 31.0. The van der Waals surface area contributed by atoms with Crippen LogP contribution in [0.3, 0.4) is 0 Å². The van der Waals surface area contributed by atoms with Crippen LogP contribution in [0.2, 0.25) is 0 Å². The van der Waals surface area contributed by atoms with Crippen molar-refractivity contribution in [1.82, 2.24) is 9.80 Å². The fourth-order valence-corrected chi connectivity index (χ4v) is 6.03. The Kier molecular flexibility index (Phi) is 8.88. The number of anilines is 2. The van der Waals surface area contributed by atoms with E-state index in [0.29, 0.717) is 17.2 Å². The lowest BCUT2D eigenvalue weighted by Gasteiger charge is -2.38. The number of amides is 3. The second-order valence-electron chi connectivity index (χ2n) is 11.1. The predicted octanol–water partition coefficient (Wildman–Crippen LogP) is 3.91. The summed E-state index contributed by atoms with van der Waals surface area (Å²) in [5, 5.41) is 12.8. The molecule has 0 radical (unpaired) electrons. The average Bonchev–Trinajstić information content (AvgIpc) is 3.47. The van der Waals surface area contributed by atoms with Crippen molar-refractivity contribution in [1.29, 1.82) is 0 Å². The van der Waals surface area contributed by atoms with E-state index < -0.39 is 28.1 Å². The molecule has 12 nitrogen and oxygen atoms in total. The molecule has 3 aromatic rings. The topological polar surface area (TPSA) is 147 Å². The highest BCUT2D eigenvalue weighted by molar-refractivity contribution is 7.92. The summed E-state index contributed by atoms with van der Waals surface area (Å²) in [6.07, 6.45) is -0.544. The number of benzene rings is 3. The molecule has 2 aliphatic rings. The Bertz CT molecular complexity index is 1650. The Balaban J connectivity index is 1.38. The number of ether oxygens (including phenoxy) is 3. The Labute approximate surface area is 256 Å². The Morgan fingerprint density at radius 3 is 2.45 bits per heavy atom. The van der Waals surface area contributed by atoms with E-state index >= 15 is 0 Å². The fourth-order valence-electron chi connectivity index (χ4n) is 4.98. The molecule has 0 saturated heterocycles. The summed E-state index contributed by atoms with van der Waals surface area (Å²) in [4.78, 5) is 30.0. The van der Waals surface area contributed by atoms with Crippen molar-refractivity contribution in [3.05, 3.63) is 71.8 Å². The molecule has 13 heteroatoms. The van der Waals surface area contributed by atoms with Gasteiger partial charge >= 0.3 is 6.03 Å². The quantitative estimate of drug-likeness (QED) is 0.342. The first-order valence-electron chi connectivity index (χ1n) is 14.2. The van der Waals surface area contributed by atoms with Gasteiger partial charge in [0.05, 0.1) is 29.7 Å². The predicted molar refractivity (Wildman–Crippen MR) is 164 cm³/mol. The largest absolute Gasteiger partial charge is 0.487 e. The van der Waals surface area contributed by atoms with Crippen molar-refractivity contribution >= 4 is 33.3 Å². The minimum Gasteiger partial charge on any atom is -0.487 e. The highest BCUT2D eigenvalue weighted by atomic mass is 32.2. The molecule has 0 bridgehead atoms. The number of urea groups is 1. The number of nitrogens with zero attached hydrogens (tertiary/aromatic N) is 2. The summed E-state index contributed by atoms with van der Waals surface area (Å²) in [6, 6.07) is 15.2. The minimum atomic E-state index is -3.92. The van der Waals surface area contributed by atoms with Crippen LogP contribution >= 0.6 is 0 Å². The SMILES string of the molecule is Cc1ccc(S(=O)(=O)Nc2ccc3c(c2)C(=O)N([C@H](C)CO)C[C@H](C)[C@H](CN(C)C(=O)Nc2ccc4c(c2)OCO4)O3)cc1. The maximum Gasteiger partial charge on any atom is 0.321 e. The lowest BCUT2D eigenvalue weighted by Crippen LogP contribution is -2.50. The zero-order valence-corrected chi connectivity index (χ0v) is 25.8. The molecule has 2 heterocycles. The van der Waals surface area contributed by atoms with Crippen LogP contribution in [0.25, 0.3) is 0 Å². The van der Waals surface area contributed by atoms with Gasteiger partial charge in [-0.2, -0.15) is 0 Å². The molecule has 0 fully saturated rings. The smallest absolute Gasteiger partial charge is 0.321 e. The van der Waals surface area contributed by atoms with Gasteiger partial charge in [-0.1, -0.05) is 24.6 Å². The summed E-state index contributed by atoms with van der Waals surface area (Å²) >= 11 is 0. The van der Waals surface area contributed by atoms with Crippen molar-refractivity contribution < 1.29 is 37.3 Å². The van der Waals surface area contributed by atoms with Crippen LogP contribution in [0, 0.1) is 12.8 Å². The van der Waals surface area contributed by atoms with Gasteiger partial charge in [0.2, 0.25) is 6.79 Å². The molecule has 0 aliphatic carbocycles. The molecule has 0 spiro atoms. The van der Waals surface area contributed by atoms with Crippen molar-refractivity contribution in [3.8, 4) is 17.2 Å². The zero-order valence-electron chi connectivity index (χ0n) is 24.9. The number of sulfonamides is 1. The van der Waals surface area contributed by atoms with E-state index in [1.807, 2.05) is 13.8 Å². The molecule has 3 aromatic carbocycles. The molecule has 0 unspecified atom stereocenters. The molecule has 234 valence electrons. The van der Waals surface area contributed by atoms with Crippen LogP contribution in [-0.4, -0.2) is 80.9 Å². The number of nitrogens with one attached hydrogen (secondary N) is 2. The van der Waals surface area contributed by atoms with E-state index in [0.717, 1.165) is 5.56 Å². The maximum atomic E-state index is 13.7. The highest BCUT2D eigenvalue weighted by Crippen LogP contribution is 2.35. The summed E-state index contributed by atoms with van der Waals surface area (Å²) in [5.41, 5.74) is 1.78. The first-order chi connectivity index (χ1) is 20.9.